The molecule has 3 rings (SSSR count). The van der Waals surface area contributed by atoms with E-state index in [1.54, 1.807) is 37.4 Å². The second kappa shape index (κ2) is 8.44. The Morgan fingerprint density at radius 1 is 1.11 bits per heavy atom. The number of nitrogens with two attached hydrogens (primary N) is 1. The number of amides is 1. The fourth-order valence-corrected chi connectivity index (χ4v) is 4.04. The second-order valence-corrected chi connectivity index (χ2v) is 8.23. The number of nitrogens with zero attached hydrogens (tertiary/aromatic N) is 2. The molecule has 0 bridgehead atoms. The van der Waals surface area contributed by atoms with Gasteiger partial charge in [0.25, 0.3) is 5.91 Å². The third-order valence-electron chi connectivity index (χ3n) is 3.61. The number of hydrogen-bond acceptors (Lipinski definition) is 8. The number of carbonyl (C=O) groups is 1. The topological polar surface area (TPSA) is 136 Å². The Morgan fingerprint density at radius 2 is 1.79 bits per heavy atom. The number of anilines is 1. The molecule has 0 fully saturated rings. The Bertz CT molecular complexity index is 1050. The molecule has 1 heterocycles. The average molecular weight is 419 g/mol. The first-order chi connectivity index (χ1) is 13.4. The first-order valence-corrected chi connectivity index (χ1v) is 10.3. The van der Waals surface area contributed by atoms with E-state index in [-0.39, 0.29) is 10.0 Å². The lowest BCUT2D eigenvalue weighted by atomic mass is 10.2. The monoisotopic (exact) mass is 419 g/mol. The van der Waals surface area contributed by atoms with Gasteiger partial charge in [0, 0.05) is 5.56 Å². The average Bonchev–Trinajstić information content (AvgIpc) is 3.17. The zero-order valence-corrected chi connectivity index (χ0v) is 16.3. The van der Waals surface area contributed by atoms with Crippen LogP contribution >= 0.6 is 11.3 Å². The minimum absolute atomic E-state index is 0.0101. The van der Waals surface area contributed by atoms with E-state index in [4.69, 9.17) is 10.5 Å². The third-order valence-corrected chi connectivity index (χ3v) is 5.95. The van der Waals surface area contributed by atoms with E-state index in [1.165, 1.54) is 12.1 Å². The summed E-state index contributed by atoms with van der Waals surface area (Å²) < 4.78 is 31.7. The van der Waals surface area contributed by atoms with Crippen LogP contribution < -0.4 is 20.5 Å². The molecule has 2 aromatic carbocycles. The number of methoxy groups -OCH3 is 1. The van der Waals surface area contributed by atoms with Crippen molar-refractivity contribution >= 4 is 32.4 Å². The summed E-state index contributed by atoms with van der Waals surface area (Å²) in [5.74, 6) is -0.0459. The normalized spacial score (nSPS) is 12.4. The van der Waals surface area contributed by atoms with E-state index < -0.39 is 22.1 Å². The fraction of sp³-hybridized carbons (Fsp3) is 0.118. The molecule has 4 N–H and O–H groups in total. The zero-order chi connectivity index (χ0) is 20.1. The fourth-order valence-electron chi connectivity index (χ4n) is 2.20. The molecule has 1 aromatic heterocycles. The molecular weight excluding hydrogens is 402 g/mol. The summed E-state index contributed by atoms with van der Waals surface area (Å²) in [5.41, 5.74) is 6.48. The van der Waals surface area contributed by atoms with Crippen LogP contribution in [0.3, 0.4) is 0 Å². The van der Waals surface area contributed by atoms with E-state index in [9.17, 15) is 13.2 Å². The van der Waals surface area contributed by atoms with Crippen LogP contribution in [-0.4, -0.2) is 37.8 Å². The predicted octanol–water partition coefficient (Wildman–Crippen LogP) is 1.42. The second-order valence-electron chi connectivity index (χ2n) is 5.54. The molecular formula is C17H17N5O4S2. The third kappa shape index (κ3) is 4.70. The van der Waals surface area contributed by atoms with Gasteiger partial charge >= 0.3 is 0 Å². The van der Waals surface area contributed by atoms with Crippen LogP contribution in [0.15, 0.2) is 59.5 Å². The number of benzene rings is 2. The zero-order valence-electron chi connectivity index (χ0n) is 14.7. The molecule has 1 unspecified atom stereocenters. The van der Waals surface area contributed by atoms with Crippen LogP contribution in [0.2, 0.25) is 0 Å². The highest BCUT2D eigenvalue weighted by atomic mass is 32.2. The number of rotatable bonds is 7. The predicted molar refractivity (Wildman–Crippen MR) is 105 cm³/mol. The molecule has 28 heavy (non-hydrogen) atoms. The Hall–Kier alpha value is -2.86. The Kier molecular flexibility index (Phi) is 5.99. The number of aromatic nitrogens is 2. The Morgan fingerprint density at radius 3 is 2.43 bits per heavy atom. The molecule has 0 aliphatic rings. The highest BCUT2D eigenvalue weighted by molar-refractivity contribution is 7.89. The molecule has 3 aromatic rings. The standard InChI is InChI=1S/C17H17N5O4S2/c1-26-12-9-7-11(8-10-12)16-20-21-17(27-16)19-15(23)14(18)22-28(24,25)13-5-3-2-4-6-13/h2-10,14,22H,18H2,1H3,(H,19,21,23). The van der Waals surface area contributed by atoms with Crippen LogP contribution in [0.4, 0.5) is 5.13 Å². The lowest BCUT2D eigenvalue weighted by Gasteiger charge is -2.13. The summed E-state index contributed by atoms with van der Waals surface area (Å²) in [6.45, 7) is 0. The minimum atomic E-state index is -3.92. The van der Waals surface area contributed by atoms with E-state index in [0.29, 0.717) is 10.8 Å². The maximum atomic E-state index is 12.2. The van der Waals surface area contributed by atoms with Gasteiger partial charge in [0.15, 0.2) is 0 Å². The Labute approximate surface area is 165 Å². The highest BCUT2D eigenvalue weighted by Gasteiger charge is 2.23. The van der Waals surface area contributed by atoms with E-state index in [0.717, 1.165) is 16.9 Å². The first kappa shape index (κ1) is 19.9. The number of hydrogen-bond donors (Lipinski definition) is 3. The van der Waals surface area contributed by atoms with Crippen LogP contribution in [0.1, 0.15) is 0 Å². The number of sulfonamides is 1. The summed E-state index contributed by atoms with van der Waals surface area (Å²) in [6.07, 6.45) is -1.49. The molecule has 1 atom stereocenters. The SMILES string of the molecule is COc1ccc(-c2nnc(NC(=O)C(N)NS(=O)(=O)c3ccccc3)s2)cc1. The van der Waals surface area contributed by atoms with E-state index in [2.05, 4.69) is 20.2 Å². The van der Waals surface area contributed by atoms with Crippen molar-refractivity contribution in [3.8, 4) is 16.3 Å². The summed E-state index contributed by atoms with van der Waals surface area (Å²) in [5, 5.41) is 11.1. The first-order valence-electron chi connectivity index (χ1n) is 8.01. The summed E-state index contributed by atoms with van der Waals surface area (Å²) in [4.78, 5) is 12.2. The smallest absolute Gasteiger partial charge is 0.258 e. The van der Waals surface area contributed by atoms with Gasteiger partial charge in [-0.2, -0.15) is 4.72 Å². The van der Waals surface area contributed by atoms with Crippen LogP contribution in [0, 0.1) is 0 Å². The van der Waals surface area contributed by atoms with Gasteiger partial charge < -0.3 is 10.5 Å². The van der Waals surface area contributed by atoms with Crippen molar-refractivity contribution in [1.29, 1.82) is 0 Å². The van der Waals surface area contributed by atoms with Gasteiger partial charge in [-0.3, -0.25) is 10.1 Å². The molecule has 0 spiro atoms. The largest absolute Gasteiger partial charge is 0.497 e. The van der Waals surface area contributed by atoms with Crippen molar-refractivity contribution in [2.75, 3.05) is 12.4 Å². The van der Waals surface area contributed by atoms with Crippen molar-refractivity contribution < 1.29 is 17.9 Å². The van der Waals surface area contributed by atoms with Gasteiger partial charge in [-0.15, -0.1) is 10.2 Å². The van der Waals surface area contributed by atoms with Gasteiger partial charge in [0.05, 0.1) is 12.0 Å². The summed E-state index contributed by atoms with van der Waals surface area (Å²) in [6, 6.07) is 14.8. The van der Waals surface area contributed by atoms with Crippen LogP contribution in [0.5, 0.6) is 5.75 Å². The van der Waals surface area contributed by atoms with Crippen LogP contribution in [-0.2, 0) is 14.8 Å². The van der Waals surface area contributed by atoms with Crippen molar-refractivity contribution in [3.63, 3.8) is 0 Å². The summed E-state index contributed by atoms with van der Waals surface area (Å²) >= 11 is 1.13. The van der Waals surface area contributed by atoms with Gasteiger partial charge in [-0.25, -0.2) is 8.42 Å². The molecule has 0 saturated carbocycles. The van der Waals surface area contributed by atoms with Gasteiger partial charge in [0.2, 0.25) is 15.2 Å². The van der Waals surface area contributed by atoms with Crippen LogP contribution in [0.25, 0.3) is 10.6 Å². The molecule has 0 saturated heterocycles. The van der Waals surface area contributed by atoms with Crippen molar-refractivity contribution in [2.45, 2.75) is 11.1 Å². The van der Waals surface area contributed by atoms with Crippen molar-refractivity contribution in [3.05, 3.63) is 54.6 Å². The Balaban J connectivity index is 1.65. The van der Waals surface area contributed by atoms with Crippen molar-refractivity contribution in [1.82, 2.24) is 14.9 Å². The molecule has 146 valence electrons. The summed E-state index contributed by atoms with van der Waals surface area (Å²) in [7, 11) is -2.35. The number of carbonyl (C=O) groups excluding carboxylic acids is 1. The maximum absolute atomic E-state index is 12.2. The molecule has 9 nitrogen and oxygen atoms in total. The molecule has 0 aliphatic carbocycles. The molecule has 0 aliphatic heterocycles. The number of nitrogens with one attached hydrogen (secondary N) is 2. The van der Waals surface area contributed by atoms with E-state index >= 15 is 0 Å². The van der Waals surface area contributed by atoms with Crippen molar-refractivity contribution in [2.24, 2.45) is 5.73 Å². The van der Waals surface area contributed by atoms with E-state index in [1.807, 2.05) is 12.1 Å². The van der Waals surface area contributed by atoms with Gasteiger partial charge in [-0.1, -0.05) is 29.5 Å². The molecule has 1 amide bonds. The van der Waals surface area contributed by atoms with Gasteiger partial charge in [-0.05, 0) is 36.4 Å². The van der Waals surface area contributed by atoms with Gasteiger partial charge in [0.1, 0.15) is 16.9 Å². The lowest BCUT2D eigenvalue weighted by Crippen LogP contribution is -2.49. The molecule has 0 radical (unpaired) electrons. The lowest BCUT2D eigenvalue weighted by molar-refractivity contribution is -0.117. The molecule has 11 heteroatoms. The maximum Gasteiger partial charge on any atom is 0.258 e. The minimum Gasteiger partial charge on any atom is -0.497 e. The highest BCUT2D eigenvalue weighted by Crippen LogP contribution is 2.27. The quantitative estimate of drug-likeness (QED) is 0.493. The number of ether oxygens (including phenoxy) is 1.